The van der Waals surface area contributed by atoms with E-state index >= 15 is 0 Å². The standard InChI is InChI=1S/C18H17ClN2O4/c1-23-11-10-21-18(22)25-17(20-21)14-4-8-16(9-5-14)24-12-13-2-6-15(19)7-3-13/h2-9H,10-12H2,1H3. The van der Waals surface area contributed by atoms with Crippen LogP contribution in [0.25, 0.3) is 11.5 Å². The lowest BCUT2D eigenvalue weighted by atomic mass is 10.2. The van der Waals surface area contributed by atoms with E-state index in [9.17, 15) is 4.79 Å². The third-order valence-corrected chi connectivity index (χ3v) is 3.79. The Morgan fingerprint density at radius 2 is 1.84 bits per heavy atom. The molecular weight excluding hydrogens is 344 g/mol. The number of hydrogen-bond acceptors (Lipinski definition) is 5. The zero-order valence-electron chi connectivity index (χ0n) is 13.6. The molecule has 0 aliphatic carbocycles. The maximum atomic E-state index is 11.7. The van der Waals surface area contributed by atoms with Crippen LogP contribution < -0.4 is 10.5 Å². The lowest BCUT2D eigenvalue weighted by Crippen LogP contribution is -2.18. The summed E-state index contributed by atoms with van der Waals surface area (Å²) in [7, 11) is 1.56. The Balaban J connectivity index is 1.65. The topological polar surface area (TPSA) is 66.5 Å². The molecule has 130 valence electrons. The van der Waals surface area contributed by atoms with Gasteiger partial charge in [-0.1, -0.05) is 23.7 Å². The van der Waals surface area contributed by atoms with Crippen LogP contribution in [-0.4, -0.2) is 23.5 Å². The third kappa shape index (κ3) is 4.49. The van der Waals surface area contributed by atoms with Gasteiger partial charge in [-0.3, -0.25) is 0 Å². The highest BCUT2D eigenvalue weighted by Crippen LogP contribution is 2.21. The number of halogens is 1. The van der Waals surface area contributed by atoms with Gasteiger partial charge in [-0.05, 0) is 42.0 Å². The van der Waals surface area contributed by atoms with Crippen molar-refractivity contribution in [2.75, 3.05) is 13.7 Å². The number of ether oxygens (including phenoxy) is 2. The monoisotopic (exact) mass is 360 g/mol. The minimum Gasteiger partial charge on any atom is -0.489 e. The van der Waals surface area contributed by atoms with Crippen LogP contribution in [0.1, 0.15) is 5.56 Å². The van der Waals surface area contributed by atoms with Crippen LogP contribution in [0.15, 0.2) is 57.7 Å². The SMILES string of the molecule is COCCn1nc(-c2ccc(OCc3ccc(Cl)cc3)cc2)oc1=O. The molecule has 0 spiro atoms. The van der Waals surface area contributed by atoms with Gasteiger partial charge >= 0.3 is 5.76 Å². The van der Waals surface area contributed by atoms with Gasteiger partial charge in [0.2, 0.25) is 5.89 Å². The summed E-state index contributed by atoms with van der Waals surface area (Å²) < 4.78 is 17.1. The maximum absolute atomic E-state index is 11.7. The minimum atomic E-state index is -0.505. The Bertz CT molecular complexity index is 869. The molecule has 0 fully saturated rings. The molecule has 25 heavy (non-hydrogen) atoms. The highest BCUT2D eigenvalue weighted by molar-refractivity contribution is 6.30. The number of methoxy groups -OCH3 is 1. The van der Waals surface area contributed by atoms with Crippen molar-refractivity contribution < 1.29 is 13.9 Å². The van der Waals surface area contributed by atoms with Gasteiger partial charge in [0.1, 0.15) is 12.4 Å². The summed E-state index contributed by atoms with van der Waals surface area (Å²) in [5, 5.41) is 4.85. The molecule has 6 nitrogen and oxygen atoms in total. The van der Waals surface area contributed by atoms with Gasteiger partial charge < -0.3 is 13.9 Å². The first-order valence-corrected chi connectivity index (χ1v) is 8.08. The third-order valence-electron chi connectivity index (χ3n) is 3.53. The van der Waals surface area contributed by atoms with Gasteiger partial charge in [-0.2, -0.15) is 4.68 Å². The van der Waals surface area contributed by atoms with Crippen molar-refractivity contribution in [3.05, 3.63) is 69.7 Å². The molecule has 0 N–H and O–H groups in total. The van der Waals surface area contributed by atoms with Crippen LogP contribution in [0.3, 0.4) is 0 Å². The Kier molecular flexibility index (Phi) is 5.53. The average Bonchev–Trinajstić information content (AvgIpc) is 3.00. The molecular formula is C18H17ClN2O4. The van der Waals surface area contributed by atoms with Gasteiger partial charge in [0.25, 0.3) is 0 Å². The first-order valence-electron chi connectivity index (χ1n) is 7.70. The minimum absolute atomic E-state index is 0.269. The molecule has 0 amide bonds. The van der Waals surface area contributed by atoms with Gasteiger partial charge in [0, 0.05) is 17.7 Å². The zero-order chi connectivity index (χ0) is 17.6. The summed E-state index contributed by atoms with van der Waals surface area (Å²) >= 11 is 5.86. The van der Waals surface area contributed by atoms with E-state index in [1.54, 1.807) is 31.4 Å². The van der Waals surface area contributed by atoms with Crippen LogP contribution in [-0.2, 0) is 17.9 Å². The fourth-order valence-corrected chi connectivity index (χ4v) is 2.31. The van der Waals surface area contributed by atoms with Gasteiger partial charge in [0.05, 0.1) is 13.2 Å². The highest BCUT2D eigenvalue weighted by atomic mass is 35.5. The number of rotatable bonds is 7. The molecule has 0 saturated heterocycles. The molecule has 0 bridgehead atoms. The lowest BCUT2D eigenvalue weighted by molar-refractivity contribution is 0.181. The molecule has 3 rings (SSSR count). The molecule has 0 unspecified atom stereocenters. The van der Waals surface area contributed by atoms with Crippen molar-refractivity contribution in [3.63, 3.8) is 0 Å². The Hall–Kier alpha value is -2.57. The second kappa shape index (κ2) is 8.00. The number of hydrogen-bond donors (Lipinski definition) is 0. The predicted octanol–water partition coefficient (Wildman–Crippen LogP) is 3.38. The predicted molar refractivity (Wildman–Crippen MR) is 93.9 cm³/mol. The van der Waals surface area contributed by atoms with Crippen molar-refractivity contribution in [1.29, 1.82) is 0 Å². The maximum Gasteiger partial charge on any atom is 0.437 e. The van der Waals surface area contributed by atoms with E-state index in [1.807, 2.05) is 24.3 Å². The summed E-state index contributed by atoms with van der Waals surface area (Å²) in [6.45, 7) is 1.18. The fourth-order valence-electron chi connectivity index (χ4n) is 2.18. The molecule has 0 aliphatic heterocycles. The second-order valence-corrected chi connectivity index (χ2v) is 5.77. The molecule has 3 aromatic rings. The molecule has 1 aromatic heterocycles. The van der Waals surface area contributed by atoms with Crippen molar-refractivity contribution in [2.24, 2.45) is 0 Å². The van der Waals surface area contributed by atoms with E-state index < -0.39 is 5.76 Å². The molecule has 0 aliphatic rings. The molecule has 0 saturated carbocycles. The van der Waals surface area contributed by atoms with E-state index in [2.05, 4.69) is 5.10 Å². The average molecular weight is 361 g/mol. The smallest absolute Gasteiger partial charge is 0.437 e. The van der Waals surface area contributed by atoms with E-state index in [-0.39, 0.29) is 5.89 Å². The molecule has 2 aromatic carbocycles. The van der Waals surface area contributed by atoms with Gasteiger partial charge in [0.15, 0.2) is 0 Å². The summed E-state index contributed by atoms with van der Waals surface area (Å²) in [6, 6.07) is 14.7. The zero-order valence-corrected chi connectivity index (χ0v) is 14.4. The quantitative estimate of drug-likeness (QED) is 0.646. The lowest BCUT2D eigenvalue weighted by Gasteiger charge is -2.06. The molecule has 0 radical (unpaired) electrons. The summed E-state index contributed by atoms with van der Waals surface area (Å²) in [5.41, 5.74) is 1.73. The van der Waals surface area contributed by atoms with Crippen LogP contribution in [0.4, 0.5) is 0 Å². The van der Waals surface area contributed by atoms with Gasteiger partial charge in [-0.25, -0.2) is 4.79 Å². The summed E-state index contributed by atoms with van der Waals surface area (Å²) in [5.74, 6) is 0.473. The summed E-state index contributed by atoms with van der Waals surface area (Å²) in [4.78, 5) is 11.7. The van der Waals surface area contributed by atoms with Crippen molar-refractivity contribution in [2.45, 2.75) is 13.2 Å². The Morgan fingerprint density at radius 1 is 1.12 bits per heavy atom. The van der Waals surface area contributed by atoms with E-state index in [0.717, 1.165) is 5.56 Å². The first-order chi connectivity index (χ1) is 12.2. The summed E-state index contributed by atoms with van der Waals surface area (Å²) in [6.07, 6.45) is 0. The number of nitrogens with zero attached hydrogens (tertiary/aromatic N) is 2. The first kappa shape index (κ1) is 17.3. The van der Waals surface area contributed by atoms with Crippen LogP contribution >= 0.6 is 11.6 Å². The molecule has 1 heterocycles. The highest BCUT2D eigenvalue weighted by Gasteiger charge is 2.10. The van der Waals surface area contributed by atoms with Gasteiger partial charge in [-0.15, -0.1) is 5.10 Å². The van der Waals surface area contributed by atoms with Crippen LogP contribution in [0.2, 0.25) is 5.02 Å². The van der Waals surface area contributed by atoms with E-state index in [0.29, 0.717) is 36.1 Å². The van der Waals surface area contributed by atoms with E-state index in [1.165, 1.54) is 4.68 Å². The molecule has 0 atom stereocenters. The van der Waals surface area contributed by atoms with Crippen molar-refractivity contribution in [1.82, 2.24) is 9.78 Å². The Morgan fingerprint density at radius 3 is 2.52 bits per heavy atom. The molecule has 7 heteroatoms. The van der Waals surface area contributed by atoms with Crippen LogP contribution in [0.5, 0.6) is 5.75 Å². The number of aromatic nitrogens is 2. The largest absolute Gasteiger partial charge is 0.489 e. The number of benzene rings is 2. The van der Waals surface area contributed by atoms with Crippen molar-refractivity contribution in [3.8, 4) is 17.2 Å². The Labute approximate surface area is 149 Å². The van der Waals surface area contributed by atoms with E-state index in [4.69, 9.17) is 25.5 Å². The van der Waals surface area contributed by atoms with Crippen LogP contribution in [0, 0.1) is 0 Å². The second-order valence-electron chi connectivity index (χ2n) is 5.33. The normalized spacial score (nSPS) is 10.8. The van der Waals surface area contributed by atoms with Crippen molar-refractivity contribution >= 4 is 11.6 Å². The fraction of sp³-hybridized carbons (Fsp3) is 0.222.